The second-order valence-corrected chi connectivity index (χ2v) is 5.47. The van der Waals surface area contributed by atoms with Crippen molar-refractivity contribution in [2.45, 2.75) is 32.7 Å². The van der Waals surface area contributed by atoms with Crippen LogP contribution in [-0.2, 0) is 4.79 Å². The van der Waals surface area contributed by atoms with Gasteiger partial charge in [-0.05, 0) is 35.0 Å². The van der Waals surface area contributed by atoms with Gasteiger partial charge in [0.15, 0.2) is 0 Å². The van der Waals surface area contributed by atoms with Crippen molar-refractivity contribution >= 4 is 39.1 Å². The summed E-state index contributed by atoms with van der Waals surface area (Å²) in [7, 11) is 0. The van der Waals surface area contributed by atoms with Gasteiger partial charge in [0.05, 0.1) is 16.4 Å². The third-order valence-corrected chi connectivity index (χ3v) is 3.35. The van der Waals surface area contributed by atoms with E-state index in [0.717, 1.165) is 13.0 Å². The molecule has 0 unspecified atom stereocenters. The van der Waals surface area contributed by atoms with Crippen LogP contribution in [0.1, 0.15) is 26.7 Å². The number of nitrogens with zero attached hydrogens (tertiary/aromatic N) is 1. The van der Waals surface area contributed by atoms with E-state index in [9.17, 15) is 4.79 Å². The number of hydrogen-bond donors (Lipinski definition) is 2. The van der Waals surface area contributed by atoms with E-state index in [0.29, 0.717) is 27.8 Å². The number of aromatic nitrogens is 1. The Morgan fingerprint density at radius 2 is 2.28 bits per heavy atom. The Hall–Kier alpha value is -0.650. The van der Waals surface area contributed by atoms with E-state index in [2.05, 4.69) is 45.4 Å². The van der Waals surface area contributed by atoms with E-state index < -0.39 is 0 Å². The van der Waals surface area contributed by atoms with Crippen LogP contribution in [0.3, 0.4) is 0 Å². The van der Waals surface area contributed by atoms with Crippen molar-refractivity contribution < 1.29 is 4.79 Å². The van der Waals surface area contributed by atoms with Gasteiger partial charge in [-0.25, -0.2) is 4.98 Å². The van der Waals surface area contributed by atoms with Crippen molar-refractivity contribution in [3.63, 3.8) is 0 Å². The summed E-state index contributed by atoms with van der Waals surface area (Å²) in [6.07, 6.45) is 2.84. The van der Waals surface area contributed by atoms with Gasteiger partial charge in [0.25, 0.3) is 0 Å². The average Bonchev–Trinajstić information content (AvgIpc) is 2.29. The first kappa shape index (κ1) is 15.4. The standard InChI is InChI=1S/C12H17BrClN3O/c1-8(2)15-5-3-4-11(18)17-9-6-10(13)12(14)16-7-9/h6-8,15H,3-5H2,1-2H3,(H,17,18). The SMILES string of the molecule is CC(C)NCCCC(=O)Nc1cnc(Cl)c(Br)c1. The van der Waals surface area contributed by atoms with Gasteiger partial charge in [-0.2, -0.15) is 0 Å². The molecule has 2 N–H and O–H groups in total. The highest BCUT2D eigenvalue weighted by Gasteiger charge is 2.05. The van der Waals surface area contributed by atoms with Gasteiger partial charge in [-0.1, -0.05) is 25.4 Å². The molecular weight excluding hydrogens is 318 g/mol. The Kier molecular flexibility index (Phi) is 6.60. The van der Waals surface area contributed by atoms with Crippen LogP contribution in [-0.4, -0.2) is 23.5 Å². The topological polar surface area (TPSA) is 54.0 Å². The van der Waals surface area contributed by atoms with Crippen LogP contribution in [0.15, 0.2) is 16.7 Å². The molecule has 18 heavy (non-hydrogen) atoms. The number of pyridine rings is 1. The summed E-state index contributed by atoms with van der Waals surface area (Å²) in [6, 6.07) is 2.18. The third kappa shape index (κ3) is 5.80. The van der Waals surface area contributed by atoms with E-state index in [1.807, 2.05) is 0 Å². The Labute approximate surface area is 121 Å². The molecule has 0 aliphatic rings. The molecule has 0 aliphatic carbocycles. The predicted molar refractivity (Wildman–Crippen MR) is 77.9 cm³/mol. The van der Waals surface area contributed by atoms with Crippen molar-refractivity contribution in [1.82, 2.24) is 10.3 Å². The lowest BCUT2D eigenvalue weighted by Crippen LogP contribution is -2.24. The van der Waals surface area contributed by atoms with Gasteiger partial charge in [0.2, 0.25) is 5.91 Å². The van der Waals surface area contributed by atoms with E-state index in [-0.39, 0.29) is 5.91 Å². The van der Waals surface area contributed by atoms with Crippen LogP contribution in [0.25, 0.3) is 0 Å². The van der Waals surface area contributed by atoms with Crippen molar-refractivity contribution in [3.05, 3.63) is 21.9 Å². The van der Waals surface area contributed by atoms with E-state index in [4.69, 9.17) is 11.6 Å². The van der Waals surface area contributed by atoms with Crippen LogP contribution in [0, 0.1) is 0 Å². The fraction of sp³-hybridized carbons (Fsp3) is 0.500. The molecule has 1 amide bonds. The summed E-state index contributed by atoms with van der Waals surface area (Å²) in [5, 5.41) is 6.43. The fourth-order valence-electron chi connectivity index (χ4n) is 1.35. The van der Waals surface area contributed by atoms with Crippen LogP contribution in [0.4, 0.5) is 5.69 Å². The maximum atomic E-state index is 11.6. The molecule has 4 nitrogen and oxygen atoms in total. The summed E-state index contributed by atoms with van der Waals surface area (Å²) in [4.78, 5) is 15.6. The molecule has 1 aromatic rings. The van der Waals surface area contributed by atoms with Crippen molar-refractivity contribution in [2.24, 2.45) is 0 Å². The largest absolute Gasteiger partial charge is 0.325 e. The molecule has 0 bridgehead atoms. The van der Waals surface area contributed by atoms with Crippen molar-refractivity contribution in [3.8, 4) is 0 Å². The molecule has 0 radical (unpaired) electrons. The molecule has 100 valence electrons. The predicted octanol–water partition coefficient (Wildman–Crippen LogP) is 3.21. The minimum atomic E-state index is -0.0171. The number of carbonyl (C=O) groups excluding carboxylic acids is 1. The minimum absolute atomic E-state index is 0.0171. The highest BCUT2D eigenvalue weighted by Crippen LogP contribution is 2.22. The number of halogens is 2. The highest BCUT2D eigenvalue weighted by atomic mass is 79.9. The summed E-state index contributed by atoms with van der Waals surface area (Å²) >= 11 is 9.03. The van der Waals surface area contributed by atoms with Gasteiger partial charge in [0.1, 0.15) is 5.15 Å². The molecule has 0 spiro atoms. The summed E-state index contributed by atoms with van der Waals surface area (Å²) in [6.45, 7) is 5.00. The smallest absolute Gasteiger partial charge is 0.224 e. The lowest BCUT2D eigenvalue weighted by atomic mass is 10.2. The molecule has 0 aliphatic heterocycles. The van der Waals surface area contributed by atoms with Gasteiger partial charge in [-0.3, -0.25) is 4.79 Å². The van der Waals surface area contributed by atoms with Crippen LogP contribution < -0.4 is 10.6 Å². The Morgan fingerprint density at radius 1 is 1.56 bits per heavy atom. The highest BCUT2D eigenvalue weighted by molar-refractivity contribution is 9.10. The molecule has 1 heterocycles. The summed E-state index contributed by atoms with van der Waals surface area (Å²) < 4.78 is 0.670. The number of amides is 1. The fourth-order valence-corrected chi connectivity index (χ4v) is 1.81. The van der Waals surface area contributed by atoms with Gasteiger partial charge in [-0.15, -0.1) is 0 Å². The van der Waals surface area contributed by atoms with Crippen molar-refractivity contribution in [1.29, 1.82) is 0 Å². The second-order valence-electron chi connectivity index (χ2n) is 4.26. The first-order valence-electron chi connectivity index (χ1n) is 5.83. The zero-order valence-electron chi connectivity index (χ0n) is 10.5. The maximum absolute atomic E-state index is 11.6. The molecule has 6 heteroatoms. The molecule has 0 aromatic carbocycles. The number of anilines is 1. The average molecular weight is 335 g/mol. The van der Waals surface area contributed by atoms with Crippen LogP contribution in [0.2, 0.25) is 5.15 Å². The molecule has 0 atom stereocenters. The minimum Gasteiger partial charge on any atom is -0.325 e. The third-order valence-electron chi connectivity index (χ3n) is 2.21. The summed E-state index contributed by atoms with van der Waals surface area (Å²) in [5.74, 6) is -0.0171. The summed E-state index contributed by atoms with van der Waals surface area (Å²) in [5.41, 5.74) is 0.646. The lowest BCUT2D eigenvalue weighted by molar-refractivity contribution is -0.116. The van der Waals surface area contributed by atoms with E-state index >= 15 is 0 Å². The Morgan fingerprint density at radius 3 is 2.89 bits per heavy atom. The second kappa shape index (κ2) is 7.71. The zero-order chi connectivity index (χ0) is 13.5. The van der Waals surface area contributed by atoms with Crippen LogP contribution >= 0.6 is 27.5 Å². The van der Waals surface area contributed by atoms with E-state index in [1.54, 1.807) is 6.07 Å². The van der Waals surface area contributed by atoms with Gasteiger partial charge in [0, 0.05) is 12.5 Å². The molecule has 1 rings (SSSR count). The number of nitrogens with one attached hydrogen (secondary N) is 2. The van der Waals surface area contributed by atoms with Gasteiger partial charge < -0.3 is 10.6 Å². The first-order valence-corrected chi connectivity index (χ1v) is 7.00. The molecule has 0 fully saturated rings. The molecule has 0 saturated carbocycles. The van der Waals surface area contributed by atoms with Gasteiger partial charge >= 0.3 is 0 Å². The molecular formula is C12H17BrClN3O. The van der Waals surface area contributed by atoms with Crippen LogP contribution in [0.5, 0.6) is 0 Å². The zero-order valence-corrected chi connectivity index (χ0v) is 12.8. The molecule has 1 aromatic heterocycles. The quantitative estimate of drug-likeness (QED) is 0.620. The maximum Gasteiger partial charge on any atom is 0.224 e. The Bertz CT molecular complexity index is 412. The number of rotatable bonds is 6. The number of hydrogen-bond acceptors (Lipinski definition) is 3. The van der Waals surface area contributed by atoms with Crippen molar-refractivity contribution in [2.75, 3.05) is 11.9 Å². The normalized spacial score (nSPS) is 10.7. The number of carbonyl (C=O) groups is 1. The first-order chi connectivity index (χ1) is 8.49. The van der Waals surface area contributed by atoms with E-state index in [1.165, 1.54) is 6.20 Å². The Balaban J connectivity index is 2.33. The monoisotopic (exact) mass is 333 g/mol. The molecule has 0 saturated heterocycles. The lowest BCUT2D eigenvalue weighted by Gasteiger charge is -2.08.